The van der Waals surface area contributed by atoms with Crippen LogP contribution in [0.2, 0.25) is 0 Å². The number of hydrogen-bond acceptors (Lipinski definition) is 6. The van der Waals surface area contributed by atoms with Gasteiger partial charge in [-0.05, 0) is 36.8 Å². The summed E-state index contributed by atoms with van der Waals surface area (Å²) in [6.07, 6.45) is 0. The average Bonchev–Trinajstić information content (AvgIpc) is 2.80. The molecular weight excluding hydrogens is 432 g/mol. The fourth-order valence-corrected chi connectivity index (χ4v) is 3.94. The summed E-state index contributed by atoms with van der Waals surface area (Å²) in [5.74, 6) is -0.512. The SMILES string of the molecule is Cc1ccc(S(=O)(=O)NC[C@H](NNC(=O)c2ccc([N+](=O)[O-])cc2)c2ccccc2)cc1. The zero-order valence-electron chi connectivity index (χ0n) is 17.2. The van der Waals surface area contributed by atoms with Gasteiger partial charge in [0.15, 0.2) is 0 Å². The van der Waals surface area contributed by atoms with Crippen molar-refractivity contribution in [3.8, 4) is 0 Å². The van der Waals surface area contributed by atoms with E-state index >= 15 is 0 Å². The first-order chi connectivity index (χ1) is 15.3. The normalized spacial score (nSPS) is 12.2. The number of hydrogen-bond donors (Lipinski definition) is 3. The van der Waals surface area contributed by atoms with Gasteiger partial charge in [0.2, 0.25) is 10.0 Å². The molecule has 166 valence electrons. The zero-order valence-corrected chi connectivity index (χ0v) is 18.0. The Labute approximate surface area is 185 Å². The average molecular weight is 455 g/mol. The second kappa shape index (κ2) is 10.1. The highest BCUT2D eigenvalue weighted by molar-refractivity contribution is 7.89. The van der Waals surface area contributed by atoms with Crippen LogP contribution in [0.5, 0.6) is 0 Å². The molecule has 3 rings (SSSR count). The molecule has 10 heteroatoms. The predicted octanol–water partition coefficient (Wildman–Crippen LogP) is 2.86. The number of nitro groups is 1. The van der Waals surface area contributed by atoms with Crippen LogP contribution < -0.4 is 15.6 Å². The molecule has 0 bridgehead atoms. The third-order valence-corrected chi connectivity index (χ3v) is 6.15. The van der Waals surface area contributed by atoms with Crippen LogP contribution in [0.4, 0.5) is 5.69 Å². The van der Waals surface area contributed by atoms with Crippen LogP contribution in [0, 0.1) is 17.0 Å². The van der Waals surface area contributed by atoms with Crippen molar-refractivity contribution in [2.24, 2.45) is 0 Å². The van der Waals surface area contributed by atoms with Crippen LogP contribution in [0.15, 0.2) is 83.8 Å². The molecule has 0 heterocycles. The van der Waals surface area contributed by atoms with Crippen molar-refractivity contribution in [2.45, 2.75) is 17.9 Å². The van der Waals surface area contributed by atoms with Crippen LogP contribution in [0.25, 0.3) is 0 Å². The van der Waals surface area contributed by atoms with Crippen LogP contribution in [-0.4, -0.2) is 25.8 Å². The standard InChI is InChI=1S/C22H22N4O5S/c1-16-7-13-20(14-8-16)32(30,31)23-15-21(17-5-3-2-4-6-17)24-25-22(27)18-9-11-19(12-10-18)26(28)29/h2-14,21,23-24H,15H2,1H3,(H,25,27)/t21-/m0/s1. The Balaban J connectivity index is 1.70. The summed E-state index contributed by atoms with van der Waals surface area (Å²) in [6.45, 7) is 1.84. The van der Waals surface area contributed by atoms with Crippen LogP contribution in [0.3, 0.4) is 0 Å². The van der Waals surface area contributed by atoms with Gasteiger partial charge in [-0.2, -0.15) is 0 Å². The van der Waals surface area contributed by atoms with Crippen molar-refractivity contribution in [1.82, 2.24) is 15.6 Å². The molecule has 0 aliphatic carbocycles. The Morgan fingerprint density at radius 3 is 2.19 bits per heavy atom. The van der Waals surface area contributed by atoms with Crippen molar-refractivity contribution in [1.29, 1.82) is 0 Å². The first-order valence-electron chi connectivity index (χ1n) is 9.68. The number of nitrogens with one attached hydrogen (secondary N) is 3. The number of aryl methyl sites for hydroxylation is 1. The number of sulfonamides is 1. The Kier molecular flexibility index (Phi) is 7.31. The summed E-state index contributed by atoms with van der Waals surface area (Å²) >= 11 is 0. The van der Waals surface area contributed by atoms with Gasteiger partial charge in [0.1, 0.15) is 0 Å². The minimum Gasteiger partial charge on any atom is -0.287 e. The number of carbonyl (C=O) groups excluding carboxylic acids is 1. The van der Waals surface area contributed by atoms with Gasteiger partial charge < -0.3 is 0 Å². The molecule has 3 N–H and O–H groups in total. The first kappa shape index (κ1) is 23.1. The monoisotopic (exact) mass is 454 g/mol. The third kappa shape index (κ3) is 5.97. The van der Waals surface area contributed by atoms with E-state index in [9.17, 15) is 23.3 Å². The van der Waals surface area contributed by atoms with E-state index in [-0.39, 0.29) is 22.7 Å². The van der Waals surface area contributed by atoms with Gasteiger partial charge in [-0.3, -0.25) is 20.3 Å². The molecule has 0 aromatic heterocycles. The van der Waals surface area contributed by atoms with Crippen LogP contribution >= 0.6 is 0 Å². The fourth-order valence-electron chi connectivity index (χ4n) is 2.89. The predicted molar refractivity (Wildman–Crippen MR) is 119 cm³/mol. The van der Waals surface area contributed by atoms with Gasteiger partial charge in [-0.15, -0.1) is 0 Å². The molecule has 9 nitrogen and oxygen atoms in total. The van der Waals surface area contributed by atoms with E-state index in [2.05, 4.69) is 15.6 Å². The van der Waals surface area contributed by atoms with Gasteiger partial charge in [-0.25, -0.2) is 18.6 Å². The molecular formula is C22H22N4O5S. The van der Waals surface area contributed by atoms with Gasteiger partial charge in [0, 0.05) is 24.2 Å². The maximum absolute atomic E-state index is 12.6. The lowest BCUT2D eigenvalue weighted by Gasteiger charge is -2.20. The number of carbonyl (C=O) groups is 1. The van der Waals surface area contributed by atoms with Crippen molar-refractivity contribution in [2.75, 3.05) is 6.54 Å². The second-order valence-electron chi connectivity index (χ2n) is 7.03. The van der Waals surface area contributed by atoms with Gasteiger partial charge >= 0.3 is 0 Å². The molecule has 32 heavy (non-hydrogen) atoms. The molecule has 0 saturated carbocycles. The summed E-state index contributed by atoms with van der Waals surface area (Å²) in [5, 5.41) is 10.8. The molecule has 3 aromatic carbocycles. The number of rotatable bonds is 9. The minimum absolute atomic E-state index is 0.0270. The van der Waals surface area contributed by atoms with E-state index < -0.39 is 26.9 Å². The van der Waals surface area contributed by atoms with Gasteiger partial charge in [-0.1, -0.05) is 48.0 Å². The number of benzene rings is 3. The van der Waals surface area contributed by atoms with Crippen LogP contribution in [0.1, 0.15) is 27.5 Å². The fraction of sp³-hybridized carbons (Fsp3) is 0.136. The summed E-state index contributed by atoms with van der Waals surface area (Å²) in [4.78, 5) is 22.8. The summed E-state index contributed by atoms with van der Waals surface area (Å²) in [7, 11) is -3.75. The van der Waals surface area contributed by atoms with E-state index in [1.165, 1.54) is 36.4 Å². The maximum atomic E-state index is 12.6. The molecule has 0 aliphatic heterocycles. The highest BCUT2D eigenvalue weighted by Gasteiger charge is 2.19. The summed E-state index contributed by atoms with van der Waals surface area (Å²) in [5.41, 5.74) is 7.17. The van der Waals surface area contributed by atoms with Crippen molar-refractivity contribution >= 4 is 21.6 Å². The molecule has 3 aromatic rings. The molecule has 1 amide bonds. The third-order valence-electron chi connectivity index (χ3n) is 4.71. The lowest BCUT2D eigenvalue weighted by molar-refractivity contribution is -0.384. The zero-order chi connectivity index (χ0) is 23.1. The van der Waals surface area contributed by atoms with Crippen molar-refractivity contribution < 1.29 is 18.1 Å². The number of non-ortho nitro benzene ring substituents is 1. The van der Waals surface area contributed by atoms with Gasteiger partial charge in [0.05, 0.1) is 15.9 Å². The Hall–Kier alpha value is -3.60. The minimum atomic E-state index is -3.75. The van der Waals surface area contributed by atoms with E-state index in [1.807, 2.05) is 13.0 Å². The topological polar surface area (TPSA) is 130 Å². The van der Waals surface area contributed by atoms with E-state index in [4.69, 9.17) is 0 Å². The number of nitrogens with zero attached hydrogens (tertiary/aromatic N) is 1. The van der Waals surface area contributed by atoms with Crippen molar-refractivity contribution in [3.63, 3.8) is 0 Å². The molecule has 0 unspecified atom stereocenters. The number of nitro benzene ring substituents is 1. The quantitative estimate of drug-likeness (QED) is 0.337. The maximum Gasteiger partial charge on any atom is 0.269 e. The molecule has 0 aliphatic rings. The second-order valence-corrected chi connectivity index (χ2v) is 8.80. The van der Waals surface area contributed by atoms with E-state index in [0.717, 1.165) is 11.1 Å². The lowest BCUT2D eigenvalue weighted by Crippen LogP contribution is -2.44. The highest BCUT2D eigenvalue weighted by atomic mass is 32.2. The van der Waals surface area contributed by atoms with E-state index in [1.54, 1.807) is 36.4 Å². The van der Waals surface area contributed by atoms with Crippen LogP contribution in [-0.2, 0) is 10.0 Å². The molecule has 0 saturated heterocycles. The Morgan fingerprint density at radius 2 is 1.59 bits per heavy atom. The smallest absolute Gasteiger partial charge is 0.269 e. The lowest BCUT2D eigenvalue weighted by atomic mass is 10.1. The largest absolute Gasteiger partial charge is 0.287 e. The van der Waals surface area contributed by atoms with Gasteiger partial charge in [0.25, 0.3) is 11.6 Å². The van der Waals surface area contributed by atoms with Crippen molar-refractivity contribution in [3.05, 3.63) is 106 Å². The Bertz CT molecular complexity index is 1180. The molecule has 1 atom stereocenters. The molecule has 0 spiro atoms. The molecule has 0 fully saturated rings. The van der Waals surface area contributed by atoms with E-state index in [0.29, 0.717) is 0 Å². The summed E-state index contributed by atoms with van der Waals surface area (Å²) < 4.78 is 27.8. The highest BCUT2D eigenvalue weighted by Crippen LogP contribution is 2.15. The number of amides is 1. The molecule has 0 radical (unpaired) electrons. The number of hydrazine groups is 1. The Morgan fingerprint density at radius 1 is 0.969 bits per heavy atom. The first-order valence-corrected chi connectivity index (χ1v) is 11.2. The summed E-state index contributed by atoms with van der Waals surface area (Å²) in [6, 6.07) is 20.1.